The Labute approximate surface area is 136 Å². The molecular weight excluding hydrogens is 312 g/mol. The van der Waals surface area contributed by atoms with E-state index in [1.165, 1.54) is 4.31 Å². The molecule has 122 valence electrons. The van der Waals surface area contributed by atoms with Crippen LogP contribution in [0.3, 0.4) is 0 Å². The number of carbonyl (C=O) groups is 1. The third-order valence-corrected chi connectivity index (χ3v) is 5.83. The molecule has 0 aromatic heterocycles. The van der Waals surface area contributed by atoms with Crippen LogP contribution in [0.4, 0.5) is 5.69 Å². The van der Waals surface area contributed by atoms with Crippen molar-refractivity contribution in [2.45, 2.75) is 18.7 Å². The van der Waals surface area contributed by atoms with Crippen LogP contribution < -0.4 is 4.31 Å². The van der Waals surface area contributed by atoms with Gasteiger partial charge in [-0.25, -0.2) is 8.42 Å². The molecule has 0 atom stereocenters. The van der Waals surface area contributed by atoms with Crippen LogP contribution in [0.1, 0.15) is 13.8 Å². The lowest BCUT2D eigenvalue weighted by atomic mass is 10.1. The van der Waals surface area contributed by atoms with Crippen molar-refractivity contribution >= 4 is 32.4 Å². The minimum atomic E-state index is -3.67. The van der Waals surface area contributed by atoms with Crippen molar-refractivity contribution in [2.75, 3.05) is 24.4 Å². The van der Waals surface area contributed by atoms with Crippen molar-refractivity contribution in [3.05, 3.63) is 36.4 Å². The Kier molecular flexibility index (Phi) is 3.80. The number of sulfonamides is 1. The summed E-state index contributed by atoms with van der Waals surface area (Å²) in [5, 5.41) is 1.57. The number of rotatable bonds is 4. The van der Waals surface area contributed by atoms with Crippen molar-refractivity contribution in [3.8, 4) is 0 Å². The van der Waals surface area contributed by atoms with E-state index in [4.69, 9.17) is 0 Å². The minimum Gasteiger partial charge on any atom is -0.344 e. The molecule has 0 saturated carbocycles. The molecule has 1 aliphatic rings. The Balaban J connectivity index is 1.99. The lowest BCUT2D eigenvalue weighted by Crippen LogP contribution is -2.41. The maximum Gasteiger partial charge on any atom is 0.265 e. The van der Waals surface area contributed by atoms with Crippen LogP contribution in [0, 0.1) is 5.92 Å². The number of carbonyl (C=O) groups excluding carboxylic acids is 1. The van der Waals surface area contributed by atoms with E-state index in [9.17, 15) is 13.2 Å². The van der Waals surface area contributed by atoms with Gasteiger partial charge in [-0.1, -0.05) is 38.1 Å². The highest BCUT2D eigenvalue weighted by Crippen LogP contribution is 2.41. The Hall–Kier alpha value is -2.08. The summed E-state index contributed by atoms with van der Waals surface area (Å²) in [5.41, 5.74) is 0.587. The highest BCUT2D eigenvalue weighted by Gasteiger charge is 2.37. The second-order valence-corrected chi connectivity index (χ2v) is 8.14. The van der Waals surface area contributed by atoms with Crippen molar-refractivity contribution in [1.29, 1.82) is 0 Å². The molecule has 0 saturated heterocycles. The van der Waals surface area contributed by atoms with Gasteiger partial charge in [0.15, 0.2) is 0 Å². The molecule has 2 aromatic carbocycles. The van der Waals surface area contributed by atoms with Gasteiger partial charge in [0.2, 0.25) is 5.91 Å². The van der Waals surface area contributed by atoms with E-state index in [1.807, 2.05) is 32.0 Å². The van der Waals surface area contributed by atoms with Gasteiger partial charge < -0.3 is 4.90 Å². The van der Waals surface area contributed by atoms with E-state index < -0.39 is 10.0 Å². The number of hydrogen-bond donors (Lipinski definition) is 0. The molecule has 1 aliphatic heterocycles. The summed E-state index contributed by atoms with van der Waals surface area (Å²) in [7, 11) is -1.96. The number of likely N-dealkylation sites (N-methyl/N-ethyl adjacent to an activating group) is 1. The zero-order chi connectivity index (χ0) is 16.8. The quantitative estimate of drug-likeness (QED) is 0.864. The summed E-state index contributed by atoms with van der Waals surface area (Å²) in [6.07, 6.45) is 0. The first-order chi connectivity index (χ1) is 10.8. The molecule has 1 heterocycles. The molecule has 0 aliphatic carbocycles. The van der Waals surface area contributed by atoms with Crippen molar-refractivity contribution < 1.29 is 13.2 Å². The van der Waals surface area contributed by atoms with Crippen molar-refractivity contribution in [2.24, 2.45) is 5.92 Å². The summed E-state index contributed by atoms with van der Waals surface area (Å²) < 4.78 is 26.8. The number of amides is 1. The fourth-order valence-corrected chi connectivity index (χ4v) is 4.68. The minimum absolute atomic E-state index is 0.167. The molecule has 6 heteroatoms. The largest absolute Gasteiger partial charge is 0.344 e. The van der Waals surface area contributed by atoms with Gasteiger partial charge in [-0.05, 0) is 23.4 Å². The van der Waals surface area contributed by atoms with Gasteiger partial charge >= 0.3 is 0 Å². The molecular formula is C17H20N2O3S. The van der Waals surface area contributed by atoms with Gasteiger partial charge in [0, 0.05) is 19.0 Å². The molecule has 0 unspecified atom stereocenters. The molecule has 1 amide bonds. The molecule has 3 rings (SSSR count). The van der Waals surface area contributed by atoms with Gasteiger partial charge in [-0.2, -0.15) is 0 Å². The topological polar surface area (TPSA) is 57.7 Å². The number of benzene rings is 2. The second kappa shape index (κ2) is 5.53. The highest BCUT2D eigenvalue weighted by molar-refractivity contribution is 7.93. The average molecular weight is 332 g/mol. The standard InChI is InChI=1S/C17H20N2O3S/c1-12(2)10-18(3)16(20)11-19-14-8-4-6-13-7-5-9-15(17(13)14)23(19,21)22/h4-9,12H,10-11H2,1-3H3. The number of hydrogen-bond acceptors (Lipinski definition) is 3. The van der Waals surface area contributed by atoms with Crippen LogP contribution in [-0.2, 0) is 14.8 Å². The lowest BCUT2D eigenvalue weighted by Gasteiger charge is -2.24. The SMILES string of the molecule is CC(C)CN(C)C(=O)CN1c2cccc3cccc(c23)S1(=O)=O. The van der Waals surface area contributed by atoms with E-state index >= 15 is 0 Å². The predicted molar refractivity (Wildman–Crippen MR) is 91.0 cm³/mol. The molecule has 0 fully saturated rings. The van der Waals surface area contributed by atoms with E-state index in [0.717, 1.165) is 5.39 Å². The Bertz CT molecular complexity index is 869. The fourth-order valence-electron chi connectivity index (χ4n) is 3.02. The molecule has 0 spiro atoms. The highest BCUT2D eigenvalue weighted by atomic mass is 32.2. The van der Waals surface area contributed by atoms with Crippen LogP contribution in [0.15, 0.2) is 41.3 Å². The molecule has 2 aromatic rings. The Morgan fingerprint density at radius 2 is 1.83 bits per heavy atom. The normalized spacial score (nSPS) is 15.4. The van der Waals surface area contributed by atoms with Gasteiger partial charge in [0.05, 0.1) is 10.6 Å². The molecule has 0 radical (unpaired) electrons. The zero-order valence-corrected chi connectivity index (χ0v) is 14.3. The third kappa shape index (κ3) is 2.57. The van der Waals surface area contributed by atoms with Crippen LogP contribution in [0.2, 0.25) is 0 Å². The summed E-state index contributed by atoms with van der Waals surface area (Å²) in [5.74, 6) is 0.131. The van der Waals surface area contributed by atoms with Crippen LogP contribution in [0.25, 0.3) is 10.8 Å². The van der Waals surface area contributed by atoms with Gasteiger partial charge in [-0.15, -0.1) is 0 Å². The molecule has 0 bridgehead atoms. The van der Waals surface area contributed by atoms with E-state index in [0.29, 0.717) is 23.5 Å². The van der Waals surface area contributed by atoms with Crippen molar-refractivity contribution in [1.82, 2.24) is 4.90 Å². The third-order valence-electron chi connectivity index (χ3n) is 4.02. The summed E-state index contributed by atoms with van der Waals surface area (Å²) in [6, 6.07) is 10.7. The monoisotopic (exact) mass is 332 g/mol. The van der Waals surface area contributed by atoms with Gasteiger partial charge in [0.1, 0.15) is 6.54 Å². The van der Waals surface area contributed by atoms with Crippen LogP contribution >= 0.6 is 0 Å². The summed E-state index contributed by atoms with van der Waals surface area (Å²) in [6.45, 7) is 4.48. The lowest BCUT2D eigenvalue weighted by molar-refractivity contribution is -0.128. The maximum atomic E-state index is 12.8. The van der Waals surface area contributed by atoms with Crippen molar-refractivity contribution in [3.63, 3.8) is 0 Å². The first kappa shape index (κ1) is 15.8. The smallest absolute Gasteiger partial charge is 0.265 e. The molecule has 5 nitrogen and oxygen atoms in total. The second-order valence-electron chi connectivity index (χ2n) is 6.31. The first-order valence-electron chi connectivity index (χ1n) is 7.61. The zero-order valence-electron chi connectivity index (χ0n) is 13.5. The predicted octanol–water partition coefficient (Wildman–Crippen LogP) is 2.46. The van der Waals surface area contributed by atoms with Crippen LogP contribution in [-0.4, -0.2) is 39.4 Å². The Morgan fingerprint density at radius 1 is 1.17 bits per heavy atom. The maximum absolute atomic E-state index is 12.8. The molecule has 23 heavy (non-hydrogen) atoms. The Morgan fingerprint density at radius 3 is 2.48 bits per heavy atom. The van der Waals surface area contributed by atoms with E-state index in [1.54, 1.807) is 30.1 Å². The van der Waals surface area contributed by atoms with E-state index in [-0.39, 0.29) is 17.3 Å². The summed E-state index contributed by atoms with van der Waals surface area (Å²) in [4.78, 5) is 14.3. The van der Waals surface area contributed by atoms with Crippen LogP contribution in [0.5, 0.6) is 0 Å². The number of nitrogens with zero attached hydrogens (tertiary/aromatic N) is 2. The van der Waals surface area contributed by atoms with Gasteiger partial charge in [0.25, 0.3) is 10.0 Å². The average Bonchev–Trinajstić information content (AvgIpc) is 2.70. The molecule has 0 N–H and O–H groups in total. The van der Waals surface area contributed by atoms with Gasteiger partial charge in [-0.3, -0.25) is 9.10 Å². The number of anilines is 1. The van der Waals surface area contributed by atoms with E-state index in [2.05, 4.69) is 0 Å². The first-order valence-corrected chi connectivity index (χ1v) is 9.05. The fraction of sp³-hybridized carbons (Fsp3) is 0.353. The summed E-state index contributed by atoms with van der Waals surface area (Å²) >= 11 is 0.